The van der Waals surface area contributed by atoms with Gasteiger partial charge in [-0.2, -0.15) is 0 Å². The molecule has 2 atom stereocenters. The van der Waals surface area contributed by atoms with E-state index in [0.717, 1.165) is 0 Å². The molecule has 0 spiro atoms. The molecule has 0 radical (unpaired) electrons. The van der Waals surface area contributed by atoms with Crippen molar-refractivity contribution >= 4 is 11.8 Å². The normalized spacial score (nSPS) is 23.2. The molecule has 0 aromatic carbocycles. The number of furan rings is 1. The van der Waals surface area contributed by atoms with E-state index in [2.05, 4.69) is 5.32 Å². The average Bonchev–Trinajstić information content (AvgIpc) is 2.92. The maximum atomic E-state index is 12.1. The molecule has 1 saturated heterocycles. The first-order chi connectivity index (χ1) is 9.08. The minimum absolute atomic E-state index is 0.0128. The summed E-state index contributed by atoms with van der Waals surface area (Å²) in [4.78, 5) is 25.5. The van der Waals surface area contributed by atoms with E-state index in [-0.39, 0.29) is 30.5 Å². The quantitative estimate of drug-likeness (QED) is 0.871. The highest BCUT2D eigenvalue weighted by Crippen LogP contribution is 2.11. The van der Waals surface area contributed by atoms with Gasteiger partial charge in [-0.1, -0.05) is 0 Å². The van der Waals surface area contributed by atoms with Crippen molar-refractivity contribution in [3.8, 4) is 0 Å². The third kappa shape index (κ3) is 3.35. The standard InChI is InChI=1S/C13H18N2O4/c1-9-7-19-10(2)6-15(9)12(16)5-14-13(17)11-3-4-18-8-11/h3-4,8-10H,5-7H2,1-2H3,(H,14,17)/t9-,10-/m1/s1. The SMILES string of the molecule is C[C@@H]1CN(C(=O)CNC(=O)c2ccoc2)[C@H](C)CO1. The molecular formula is C13H18N2O4. The van der Waals surface area contributed by atoms with Crippen LogP contribution in [0.4, 0.5) is 0 Å². The number of carbonyl (C=O) groups is 2. The highest BCUT2D eigenvalue weighted by Gasteiger charge is 2.27. The Bertz CT molecular complexity index is 444. The van der Waals surface area contributed by atoms with Gasteiger partial charge in [-0.05, 0) is 19.9 Å². The first-order valence-electron chi connectivity index (χ1n) is 6.29. The number of rotatable bonds is 3. The number of nitrogens with zero attached hydrogens (tertiary/aromatic N) is 1. The van der Waals surface area contributed by atoms with Crippen LogP contribution in [0.3, 0.4) is 0 Å². The lowest BCUT2D eigenvalue weighted by Crippen LogP contribution is -2.52. The molecule has 19 heavy (non-hydrogen) atoms. The summed E-state index contributed by atoms with van der Waals surface area (Å²) in [6, 6.07) is 1.59. The molecule has 1 aliphatic heterocycles. The maximum absolute atomic E-state index is 12.1. The van der Waals surface area contributed by atoms with Crippen LogP contribution < -0.4 is 5.32 Å². The molecule has 2 amide bonds. The lowest BCUT2D eigenvalue weighted by atomic mass is 10.2. The highest BCUT2D eigenvalue weighted by molar-refractivity contribution is 5.96. The summed E-state index contributed by atoms with van der Waals surface area (Å²) in [6.45, 7) is 4.93. The van der Waals surface area contributed by atoms with Crippen LogP contribution in [0.25, 0.3) is 0 Å². The zero-order valence-corrected chi connectivity index (χ0v) is 11.1. The fraction of sp³-hybridized carbons (Fsp3) is 0.538. The topological polar surface area (TPSA) is 71.8 Å². The van der Waals surface area contributed by atoms with Crippen LogP contribution in [0.1, 0.15) is 24.2 Å². The lowest BCUT2D eigenvalue weighted by molar-refractivity contribution is -0.142. The zero-order valence-electron chi connectivity index (χ0n) is 11.1. The fourth-order valence-corrected chi connectivity index (χ4v) is 2.00. The molecule has 1 aromatic rings. The van der Waals surface area contributed by atoms with Crippen molar-refractivity contribution in [2.75, 3.05) is 19.7 Å². The minimum Gasteiger partial charge on any atom is -0.472 e. The number of nitrogens with one attached hydrogen (secondary N) is 1. The van der Waals surface area contributed by atoms with E-state index in [9.17, 15) is 9.59 Å². The van der Waals surface area contributed by atoms with Gasteiger partial charge < -0.3 is 19.4 Å². The Morgan fingerprint density at radius 3 is 2.95 bits per heavy atom. The molecule has 1 aromatic heterocycles. The second-order valence-electron chi connectivity index (χ2n) is 4.73. The van der Waals surface area contributed by atoms with E-state index in [0.29, 0.717) is 18.7 Å². The van der Waals surface area contributed by atoms with Gasteiger partial charge in [0.2, 0.25) is 5.91 Å². The molecule has 1 N–H and O–H groups in total. The van der Waals surface area contributed by atoms with Crippen LogP contribution in [-0.4, -0.2) is 48.6 Å². The van der Waals surface area contributed by atoms with Gasteiger partial charge in [-0.3, -0.25) is 9.59 Å². The van der Waals surface area contributed by atoms with Gasteiger partial charge in [0.25, 0.3) is 5.91 Å². The van der Waals surface area contributed by atoms with E-state index in [4.69, 9.17) is 9.15 Å². The third-order valence-corrected chi connectivity index (χ3v) is 3.11. The summed E-state index contributed by atoms with van der Waals surface area (Å²) in [5.74, 6) is -0.407. The molecule has 1 aliphatic rings. The monoisotopic (exact) mass is 266 g/mol. The van der Waals surface area contributed by atoms with Crippen molar-refractivity contribution in [2.45, 2.75) is 26.0 Å². The lowest BCUT2D eigenvalue weighted by Gasteiger charge is -2.36. The van der Waals surface area contributed by atoms with Crippen LogP contribution in [0.2, 0.25) is 0 Å². The molecule has 0 unspecified atom stereocenters. The third-order valence-electron chi connectivity index (χ3n) is 3.11. The first-order valence-corrected chi connectivity index (χ1v) is 6.29. The van der Waals surface area contributed by atoms with Gasteiger partial charge in [-0.15, -0.1) is 0 Å². The second kappa shape index (κ2) is 5.88. The Labute approximate surface area is 111 Å². The number of ether oxygens (including phenoxy) is 1. The van der Waals surface area contributed by atoms with Crippen LogP contribution >= 0.6 is 0 Å². The number of morpholine rings is 1. The predicted molar refractivity (Wildman–Crippen MR) is 67.6 cm³/mol. The van der Waals surface area contributed by atoms with Crippen molar-refractivity contribution in [2.24, 2.45) is 0 Å². The Hall–Kier alpha value is -1.82. The molecule has 2 heterocycles. The summed E-state index contributed by atoms with van der Waals surface area (Å²) in [7, 11) is 0. The number of amides is 2. The Morgan fingerprint density at radius 1 is 1.47 bits per heavy atom. The first kappa shape index (κ1) is 13.6. The van der Waals surface area contributed by atoms with Gasteiger partial charge in [0.1, 0.15) is 6.26 Å². The molecule has 0 saturated carbocycles. The summed E-state index contributed by atoms with van der Waals surface area (Å²) in [6.07, 6.45) is 2.80. The van der Waals surface area contributed by atoms with E-state index >= 15 is 0 Å². The molecule has 2 rings (SSSR count). The van der Waals surface area contributed by atoms with Crippen molar-refractivity contribution in [1.29, 1.82) is 0 Å². The molecule has 104 valence electrons. The van der Waals surface area contributed by atoms with Crippen LogP contribution in [-0.2, 0) is 9.53 Å². The Kier molecular flexibility index (Phi) is 4.21. The van der Waals surface area contributed by atoms with Crippen molar-refractivity contribution in [3.05, 3.63) is 24.2 Å². The molecule has 1 fully saturated rings. The van der Waals surface area contributed by atoms with Gasteiger partial charge in [0, 0.05) is 6.54 Å². The van der Waals surface area contributed by atoms with E-state index in [1.54, 1.807) is 11.0 Å². The van der Waals surface area contributed by atoms with Crippen molar-refractivity contribution in [3.63, 3.8) is 0 Å². The largest absolute Gasteiger partial charge is 0.472 e. The summed E-state index contributed by atoms with van der Waals surface area (Å²) in [5, 5.41) is 2.59. The highest BCUT2D eigenvalue weighted by atomic mass is 16.5. The second-order valence-corrected chi connectivity index (χ2v) is 4.73. The van der Waals surface area contributed by atoms with Crippen LogP contribution in [0.15, 0.2) is 23.0 Å². The minimum atomic E-state index is -0.309. The molecular weight excluding hydrogens is 248 g/mol. The predicted octanol–water partition coefficient (Wildman–Crippen LogP) is 0.645. The smallest absolute Gasteiger partial charge is 0.254 e. The zero-order chi connectivity index (χ0) is 13.8. The maximum Gasteiger partial charge on any atom is 0.254 e. The van der Waals surface area contributed by atoms with Crippen molar-refractivity contribution in [1.82, 2.24) is 10.2 Å². The number of carbonyl (C=O) groups excluding carboxylic acids is 2. The van der Waals surface area contributed by atoms with Gasteiger partial charge in [0.15, 0.2) is 0 Å². The van der Waals surface area contributed by atoms with Crippen LogP contribution in [0.5, 0.6) is 0 Å². The Morgan fingerprint density at radius 2 is 2.26 bits per heavy atom. The van der Waals surface area contributed by atoms with Crippen molar-refractivity contribution < 1.29 is 18.7 Å². The van der Waals surface area contributed by atoms with Gasteiger partial charge in [0.05, 0.1) is 37.1 Å². The number of hydrogen-bond donors (Lipinski definition) is 1. The fourth-order valence-electron chi connectivity index (χ4n) is 2.00. The van der Waals surface area contributed by atoms with Gasteiger partial charge >= 0.3 is 0 Å². The summed E-state index contributed by atoms with van der Waals surface area (Å²) in [5.41, 5.74) is 0.413. The molecule has 6 nitrogen and oxygen atoms in total. The summed E-state index contributed by atoms with van der Waals surface area (Å²) >= 11 is 0. The van der Waals surface area contributed by atoms with E-state index in [1.165, 1.54) is 12.5 Å². The molecule has 0 aliphatic carbocycles. The van der Waals surface area contributed by atoms with Crippen LogP contribution in [0, 0.1) is 0 Å². The number of hydrogen-bond acceptors (Lipinski definition) is 4. The van der Waals surface area contributed by atoms with Gasteiger partial charge in [-0.25, -0.2) is 0 Å². The molecule has 6 heteroatoms. The molecule has 0 bridgehead atoms. The summed E-state index contributed by atoms with van der Waals surface area (Å²) < 4.78 is 10.3. The average molecular weight is 266 g/mol. The van der Waals surface area contributed by atoms with E-state index < -0.39 is 0 Å². The Balaban J connectivity index is 1.85. The van der Waals surface area contributed by atoms with E-state index in [1.807, 2.05) is 13.8 Å².